The Morgan fingerprint density at radius 2 is 1.60 bits per heavy atom. The Labute approximate surface area is 128 Å². The van der Waals surface area contributed by atoms with E-state index < -0.39 is 0 Å². The second-order valence-electron chi connectivity index (χ2n) is 5.13. The van der Waals surface area contributed by atoms with E-state index in [0.29, 0.717) is 17.1 Å². The number of rotatable bonds is 10. The summed E-state index contributed by atoms with van der Waals surface area (Å²) in [6.45, 7) is 2.74. The second kappa shape index (κ2) is 10.8. The Morgan fingerprint density at radius 3 is 2.25 bits per heavy atom. The van der Waals surface area contributed by atoms with Crippen LogP contribution in [0.2, 0.25) is 0 Å². The van der Waals surface area contributed by atoms with Crippen LogP contribution in [0, 0.1) is 0 Å². The van der Waals surface area contributed by atoms with Crippen LogP contribution in [0.25, 0.3) is 0 Å². The third-order valence-corrected chi connectivity index (χ3v) is 3.74. The van der Waals surface area contributed by atoms with Gasteiger partial charge in [0.1, 0.15) is 0 Å². The third-order valence-electron chi connectivity index (χ3n) is 3.36. The lowest BCUT2D eigenvalue weighted by Gasteiger charge is -2.06. The molecule has 20 heavy (non-hydrogen) atoms. The Balaban J connectivity index is 2.04. The SMILES string of the molecule is CCCCCCCCCCOC(=O)c1ccccc1S. The summed E-state index contributed by atoms with van der Waals surface area (Å²) >= 11 is 4.26. The van der Waals surface area contributed by atoms with Gasteiger partial charge in [0.25, 0.3) is 0 Å². The number of ether oxygens (including phenoxy) is 1. The van der Waals surface area contributed by atoms with Gasteiger partial charge in [-0.1, -0.05) is 64.0 Å². The van der Waals surface area contributed by atoms with Crippen molar-refractivity contribution in [3.8, 4) is 0 Å². The predicted octanol–water partition coefficient (Wildman–Crippen LogP) is 5.27. The van der Waals surface area contributed by atoms with Crippen molar-refractivity contribution in [1.29, 1.82) is 0 Å². The van der Waals surface area contributed by atoms with Crippen molar-refractivity contribution >= 4 is 18.6 Å². The van der Waals surface area contributed by atoms with Gasteiger partial charge in [-0.3, -0.25) is 0 Å². The zero-order valence-corrected chi connectivity index (χ0v) is 13.3. The van der Waals surface area contributed by atoms with E-state index in [2.05, 4.69) is 19.6 Å². The summed E-state index contributed by atoms with van der Waals surface area (Å²) in [5.41, 5.74) is 0.551. The lowest BCUT2D eigenvalue weighted by atomic mass is 10.1. The quantitative estimate of drug-likeness (QED) is 0.361. The van der Waals surface area contributed by atoms with Crippen LogP contribution in [0.3, 0.4) is 0 Å². The van der Waals surface area contributed by atoms with Gasteiger partial charge in [-0.25, -0.2) is 4.79 Å². The van der Waals surface area contributed by atoms with Gasteiger partial charge < -0.3 is 4.74 Å². The number of thiol groups is 1. The van der Waals surface area contributed by atoms with Gasteiger partial charge in [0.05, 0.1) is 12.2 Å². The molecule has 0 saturated heterocycles. The molecule has 0 aliphatic rings. The van der Waals surface area contributed by atoms with Gasteiger partial charge in [0.2, 0.25) is 0 Å². The molecule has 3 heteroatoms. The maximum Gasteiger partial charge on any atom is 0.339 e. The molecule has 0 atom stereocenters. The lowest BCUT2D eigenvalue weighted by Crippen LogP contribution is -2.07. The largest absolute Gasteiger partial charge is 0.462 e. The normalized spacial score (nSPS) is 10.5. The molecule has 0 aliphatic carbocycles. The van der Waals surface area contributed by atoms with Crippen molar-refractivity contribution in [1.82, 2.24) is 0 Å². The van der Waals surface area contributed by atoms with Crippen LogP contribution in [-0.4, -0.2) is 12.6 Å². The van der Waals surface area contributed by atoms with Gasteiger partial charge in [-0.2, -0.15) is 0 Å². The summed E-state index contributed by atoms with van der Waals surface area (Å²) in [6.07, 6.45) is 9.96. The number of hydrogen-bond acceptors (Lipinski definition) is 3. The topological polar surface area (TPSA) is 26.3 Å². The van der Waals surface area contributed by atoms with Crippen molar-refractivity contribution in [3.05, 3.63) is 29.8 Å². The van der Waals surface area contributed by atoms with E-state index in [1.807, 2.05) is 12.1 Å². The molecule has 2 nitrogen and oxygen atoms in total. The fraction of sp³-hybridized carbons (Fsp3) is 0.588. The third kappa shape index (κ3) is 6.99. The Morgan fingerprint density at radius 1 is 1.00 bits per heavy atom. The molecule has 112 valence electrons. The average Bonchev–Trinajstić information content (AvgIpc) is 2.46. The number of hydrogen-bond donors (Lipinski definition) is 1. The molecule has 0 heterocycles. The minimum absolute atomic E-state index is 0.265. The van der Waals surface area contributed by atoms with Crippen LogP contribution in [0.15, 0.2) is 29.2 Å². The number of carbonyl (C=O) groups is 1. The first kappa shape index (κ1) is 17.1. The molecule has 0 amide bonds. The van der Waals surface area contributed by atoms with Crippen LogP contribution >= 0.6 is 12.6 Å². The summed E-state index contributed by atoms with van der Waals surface area (Å²) in [6, 6.07) is 7.23. The highest BCUT2D eigenvalue weighted by atomic mass is 32.1. The van der Waals surface area contributed by atoms with E-state index in [1.165, 1.54) is 38.5 Å². The van der Waals surface area contributed by atoms with Gasteiger partial charge >= 0.3 is 5.97 Å². The summed E-state index contributed by atoms with van der Waals surface area (Å²) in [5, 5.41) is 0. The van der Waals surface area contributed by atoms with Gasteiger partial charge in [-0.15, -0.1) is 12.6 Å². The molecule has 0 aromatic heterocycles. The molecule has 0 bridgehead atoms. The molecule has 1 aromatic rings. The van der Waals surface area contributed by atoms with Crippen molar-refractivity contribution in [2.45, 2.75) is 63.2 Å². The molecule has 0 saturated carbocycles. The van der Waals surface area contributed by atoms with E-state index >= 15 is 0 Å². The number of unbranched alkanes of at least 4 members (excludes halogenated alkanes) is 7. The monoisotopic (exact) mass is 294 g/mol. The van der Waals surface area contributed by atoms with E-state index in [-0.39, 0.29) is 5.97 Å². The van der Waals surface area contributed by atoms with Crippen molar-refractivity contribution in [2.24, 2.45) is 0 Å². The summed E-state index contributed by atoms with van der Waals surface area (Å²) in [5.74, 6) is -0.265. The molecule has 0 radical (unpaired) electrons. The van der Waals surface area contributed by atoms with E-state index in [1.54, 1.807) is 12.1 Å². The number of carbonyl (C=O) groups excluding carboxylic acids is 1. The molecule has 1 rings (SSSR count). The first-order chi connectivity index (χ1) is 9.75. The number of esters is 1. The molecule has 1 aromatic carbocycles. The minimum atomic E-state index is -0.265. The van der Waals surface area contributed by atoms with Crippen molar-refractivity contribution in [2.75, 3.05) is 6.61 Å². The van der Waals surface area contributed by atoms with E-state index in [9.17, 15) is 4.79 Å². The zero-order chi connectivity index (χ0) is 14.6. The fourth-order valence-corrected chi connectivity index (χ4v) is 2.38. The molecule has 0 spiro atoms. The van der Waals surface area contributed by atoms with E-state index in [0.717, 1.165) is 12.8 Å². The summed E-state index contributed by atoms with van der Waals surface area (Å²) in [7, 11) is 0. The molecule has 0 N–H and O–H groups in total. The number of benzene rings is 1. The summed E-state index contributed by atoms with van der Waals surface area (Å²) < 4.78 is 5.27. The molecule has 0 fully saturated rings. The Bertz CT molecular complexity index is 390. The maximum atomic E-state index is 11.8. The van der Waals surface area contributed by atoms with Crippen LogP contribution in [0.5, 0.6) is 0 Å². The molecule has 0 unspecified atom stereocenters. The Kier molecular flexibility index (Phi) is 9.22. The van der Waals surface area contributed by atoms with Crippen LogP contribution in [-0.2, 0) is 4.74 Å². The predicted molar refractivity (Wildman–Crippen MR) is 86.6 cm³/mol. The standard InChI is InChI=1S/C17H26O2S/c1-2-3-4-5-6-7-8-11-14-19-17(18)15-12-9-10-13-16(15)20/h9-10,12-13,20H,2-8,11,14H2,1H3. The highest BCUT2D eigenvalue weighted by Gasteiger charge is 2.09. The smallest absolute Gasteiger partial charge is 0.339 e. The molecule has 0 aliphatic heterocycles. The first-order valence-electron chi connectivity index (χ1n) is 7.70. The van der Waals surface area contributed by atoms with Crippen molar-refractivity contribution in [3.63, 3.8) is 0 Å². The molecular weight excluding hydrogens is 268 g/mol. The van der Waals surface area contributed by atoms with Crippen LogP contribution in [0.4, 0.5) is 0 Å². The Hall–Kier alpha value is -0.960. The highest BCUT2D eigenvalue weighted by molar-refractivity contribution is 7.80. The highest BCUT2D eigenvalue weighted by Crippen LogP contribution is 2.14. The van der Waals surface area contributed by atoms with Crippen LogP contribution < -0.4 is 0 Å². The average molecular weight is 294 g/mol. The zero-order valence-electron chi connectivity index (χ0n) is 12.4. The molecular formula is C17H26O2S. The summed E-state index contributed by atoms with van der Waals surface area (Å²) in [4.78, 5) is 12.5. The first-order valence-corrected chi connectivity index (χ1v) is 8.15. The fourth-order valence-electron chi connectivity index (χ4n) is 2.12. The van der Waals surface area contributed by atoms with Crippen LogP contribution in [0.1, 0.15) is 68.6 Å². The minimum Gasteiger partial charge on any atom is -0.462 e. The van der Waals surface area contributed by atoms with Gasteiger partial charge in [0, 0.05) is 4.90 Å². The maximum absolute atomic E-state index is 11.8. The van der Waals surface area contributed by atoms with Gasteiger partial charge in [0.15, 0.2) is 0 Å². The van der Waals surface area contributed by atoms with Crippen molar-refractivity contribution < 1.29 is 9.53 Å². The second-order valence-corrected chi connectivity index (χ2v) is 5.61. The van der Waals surface area contributed by atoms with Gasteiger partial charge in [-0.05, 0) is 18.6 Å². The van der Waals surface area contributed by atoms with E-state index in [4.69, 9.17) is 4.74 Å². The lowest BCUT2D eigenvalue weighted by molar-refractivity contribution is 0.0493.